The molecule has 102 valence electrons. The summed E-state index contributed by atoms with van der Waals surface area (Å²) < 4.78 is 0. The maximum Gasteiger partial charge on any atom is 0.133 e. The molecule has 0 spiro atoms. The molecule has 1 aliphatic rings. The van der Waals surface area contributed by atoms with E-state index in [1.54, 1.807) is 0 Å². The summed E-state index contributed by atoms with van der Waals surface area (Å²) in [6.07, 6.45) is 4.18. The number of hydrogen-bond acceptors (Lipinski definition) is 3. The number of hydrogen-bond donors (Lipinski definition) is 0. The molecule has 3 rings (SSSR count). The first-order chi connectivity index (χ1) is 9.79. The number of benzene rings is 1. The van der Waals surface area contributed by atoms with Gasteiger partial charge in [0.15, 0.2) is 0 Å². The van der Waals surface area contributed by atoms with Crippen LogP contribution >= 0.6 is 0 Å². The van der Waals surface area contributed by atoms with Gasteiger partial charge in [-0.15, -0.1) is 0 Å². The molecule has 0 radical (unpaired) electrons. The minimum absolute atomic E-state index is 0.433. The predicted octanol–water partition coefficient (Wildman–Crippen LogP) is 3.60. The summed E-state index contributed by atoms with van der Waals surface area (Å²) in [6.45, 7) is 4.21. The van der Waals surface area contributed by atoms with Crippen LogP contribution in [-0.2, 0) is 6.42 Å². The van der Waals surface area contributed by atoms with E-state index in [0.717, 1.165) is 35.4 Å². The molecule has 2 heterocycles. The third-order valence-corrected chi connectivity index (χ3v) is 4.03. The van der Waals surface area contributed by atoms with Crippen LogP contribution in [0.5, 0.6) is 0 Å². The molecule has 3 nitrogen and oxygen atoms in total. The summed E-state index contributed by atoms with van der Waals surface area (Å²) in [4.78, 5) is 7.24. The van der Waals surface area contributed by atoms with E-state index in [1.165, 1.54) is 24.8 Å². The monoisotopic (exact) mass is 265 g/mol. The van der Waals surface area contributed by atoms with Crippen molar-refractivity contribution in [3.63, 3.8) is 0 Å². The lowest BCUT2D eigenvalue weighted by Gasteiger charge is -2.29. The van der Waals surface area contributed by atoms with Crippen LogP contribution in [0.1, 0.15) is 30.4 Å². The maximum atomic E-state index is 9.07. The van der Waals surface area contributed by atoms with Gasteiger partial charge >= 0.3 is 0 Å². The summed E-state index contributed by atoms with van der Waals surface area (Å²) >= 11 is 0. The minimum atomic E-state index is 0.433. The molecule has 0 N–H and O–H groups in total. The van der Waals surface area contributed by atoms with E-state index >= 15 is 0 Å². The van der Waals surface area contributed by atoms with Gasteiger partial charge in [-0.1, -0.05) is 18.2 Å². The third kappa shape index (κ3) is 2.34. The second-order valence-corrected chi connectivity index (χ2v) is 5.50. The topological polar surface area (TPSA) is 39.9 Å². The van der Waals surface area contributed by atoms with Gasteiger partial charge in [0, 0.05) is 24.0 Å². The quantitative estimate of drug-likeness (QED) is 0.833. The molecule has 0 atom stereocenters. The largest absolute Gasteiger partial charge is 0.356 e. The van der Waals surface area contributed by atoms with Gasteiger partial charge in [-0.25, -0.2) is 4.98 Å². The van der Waals surface area contributed by atoms with Crippen molar-refractivity contribution in [3.8, 4) is 6.07 Å². The standard InChI is InChI=1S/C17H19N3/c1-13-6-5-7-14-12-15(8-9-18)17(19-16(13)14)20-10-3-2-4-11-20/h5-7,12H,2-4,8,10-11H2,1H3. The van der Waals surface area contributed by atoms with Crippen LogP contribution in [0.2, 0.25) is 0 Å². The number of fused-ring (bicyclic) bond motifs is 1. The lowest BCUT2D eigenvalue weighted by atomic mass is 10.0. The molecule has 0 saturated carbocycles. The highest BCUT2D eigenvalue weighted by molar-refractivity contribution is 5.84. The zero-order valence-corrected chi connectivity index (χ0v) is 11.9. The number of rotatable bonds is 2. The van der Waals surface area contributed by atoms with Crippen molar-refractivity contribution in [2.45, 2.75) is 32.6 Å². The van der Waals surface area contributed by atoms with E-state index < -0.39 is 0 Å². The summed E-state index contributed by atoms with van der Waals surface area (Å²) in [5.74, 6) is 1.02. The lowest BCUT2D eigenvalue weighted by molar-refractivity contribution is 0.573. The number of aryl methyl sites for hydroxylation is 1. The first-order valence-corrected chi connectivity index (χ1v) is 7.31. The van der Waals surface area contributed by atoms with Crippen molar-refractivity contribution in [1.29, 1.82) is 5.26 Å². The highest BCUT2D eigenvalue weighted by Gasteiger charge is 2.17. The van der Waals surface area contributed by atoms with Crippen molar-refractivity contribution in [2.75, 3.05) is 18.0 Å². The van der Waals surface area contributed by atoms with Crippen LogP contribution < -0.4 is 4.90 Å². The van der Waals surface area contributed by atoms with Crippen LogP contribution in [0.3, 0.4) is 0 Å². The van der Waals surface area contributed by atoms with Crippen LogP contribution in [0.25, 0.3) is 10.9 Å². The average molecular weight is 265 g/mol. The third-order valence-electron chi connectivity index (χ3n) is 4.03. The molecule has 20 heavy (non-hydrogen) atoms. The van der Waals surface area contributed by atoms with Gasteiger partial charge in [0.05, 0.1) is 18.0 Å². The minimum Gasteiger partial charge on any atom is -0.356 e. The van der Waals surface area contributed by atoms with Gasteiger partial charge < -0.3 is 4.90 Å². The fourth-order valence-electron chi connectivity index (χ4n) is 2.98. The Morgan fingerprint density at radius 3 is 2.80 bits per heavy atom. The van der Waals surface area contributed by atoms with Crippen LogP contribution in [-0.4, -0.2) is 18.1 Å². The molecule has 1 aromatic heterocycles. The second kappa shape index (κ2) is 5.50. The molecule has 0 bridgehead atoms. The average Bonchev–Trinajstić information content (AvgIpc) is 2.48. The lowest BCUT2D eigenvalue weighted by Crippen LogP contribution is -2.31. The first kappa shape index (κ1) is 12.9. The van der Waals surface area contributed by atoms with Gasteiger partial charge in [-0.05, 0) is 37.8 Å². The molecule has 1 aliphatic heterocycles. The van der Waals surface area contributed by atoms with Crippen molar-refractivity contribution in [2.24, 2.45) is 0 Å². The van der Waals surface area contributed by atoms with E-state index in [0.29, 0.717) is 6.42 Å². The molecule has 0 amide bonds. The Morgan fingerprint density at radius 2 is 2.05 bits per heavy atom. The van der Waals surface area contributed by atoms with Crippen molar-refractivity contribution < 1.29 is 0 Å². The van der Waals surface area contributed by atoms with Gasteiger partial charge in [-0.3, -0.25) is 0 Å². The fraction of sp³-hybridized carbons (Fsp3) is 0.412. The Balaban J connectivity index is 2.14. The Labute approximate surface area is 119 Å². The Morgan fingerprint density at radius 1 is 1.25 bits per heavy atom. The number of nitriles is 1. The van der Waals surface area contributed by atoms with Gasteiger partial charge in [-0.2, -0.15) is 5.26 Å². The number of nitrogens with zero attached hydrogens (tertiary/aromatic N) is 3. The van der Waals surface area contributed by atoms with Gasteiger partial charge in [0.2, 0.25) is 0 Å². The van der Waals surface area contributed by atoms with E-state index in [-0.39, 0.29) is 0 Å². The summed E-state index contributed by atoms with van der Waals surface area (Å²) in [7, 11) is 0. The SMILES string of the molecule is Cc1cccc2cc(CC#N)c(N3CCCCC3)nc12. The van der Waals surface area contributed by atoms with Crippen LogP contribution in [0.15, 0.2) is 24.3 Å². The zero-order valence-electron chi connectivity index (χ0n) is 11.9. The number of piperidine rings is 1. The fourth-order valence-corrected chi connectivity index (χ4v) is 2.98. The molecular weight excluding hydrogens is 246 g/mol. The zero-order chi connectivity index (χ0) is 13.9. The first-order valence-electron chi connectivity index (χ1n) is 7.31. The number of anilines is 1. The summed E-state index contributed by atoms with van der Waals surface area (Å²) in [6, 6.07) is 10.6. The predicted molar refractivity (Wildman–Crippen MR) is 81.9 cm³/mol. The molecule has 0 aliphatic carbocycles. The normalized spacial score (nSPS) is 15.3. The number of aromatic nitrogens is 1. The molecule has 1 fully saturated rings. The Kier molecular flexibility index (Phi) is 3.56. The highest BCUT2D eigenvalue weighted by atomic mass is 15.2. The molecule has 3 heteroatoms. The van der Waals surface area contributed by atoms with Crippen LogP contribution in [0.4, 0.5) is 5.82 Å². The van der Waals surface area contributed by atoms with E-state index in [2.05, 4.69) is 42.2 Å². The van der Waals surface area contributed by atoms with E-state index in [9.17, 15) is 0 Å². The van der Waals surface area contributed by atoms with Crippen molar-refractivity contribution in [3.05, 3.63) is 35.4 Å². The summed E-state index contributed by atoms with van der Waals surface area (Å²) in [5, 5.41) is 10.2. The van der Waals surface area contributed by atoms with Gasteiger partial charge in [0.1, 0.15) is 5.82 Å². The Hall–Kier alpha value is -2.08. The number of pyridine rings is 1. The van der Waals surface area contributed by atoms with Crippen molar-refractivity contribution >= 4 is 16.7 Å². The molecular formula is C17H19N3. The molecule has 2 aromatic rings. The summed E-state index contributed by atoms with van der Waals surface area (Å²) in [5.41, 5.74) is 3.33. The maximum absolute atomic E-state index is 9.07. The van der Waals surface area contributed by atoms with Gasteiger partial charge in [0.25, 0.3) is 0 Å². The van der Waals surface area contributed by atoms with E-state index in [4.69, 9.17) is 10.2 Å². The number of para-hydroxylation sites is 1. The Bertz CT molecular complexity index is 664. The highest BCUT2D eigenvalue weighted by Crippen LogP contribution is 2.27. The second-order valence-electron chi connectivity index (χ2n) is 5.50. The van der Waals surface area contributed by atoms with Crippen molar-refractivity contribution in [1.82, 2.24) is 4.98 Å². The van der Waals surface area contributed by atoms with Crippen LogP contribution in [0, 0.1) is 18.3 Å². The smallest absolute Gasteiger partial charge is 0.133 e. The molecule has 1 saturated heterocycles. The molecule has 1 aromatic carbocycles. The molecule has 0 unspecified atom stereocenters. The van der Waals surface area contributed by atoms with E-state index in [1.807, 2.05) is 0 Å².